The summed E-state index contributed by atoms with van der Waals surface area (Å²) < 4.78 is 0.909. The van der Waals surface area contributed by atoms with Crippen molar-refractivity contribution >= 4 is 50.6 Å². The van der Waals surface area contributed by atoms with Gasteiger partial charge in [-0.2, -0.15) is 5.10 Å². The second kappa shape index (κ2) is 7.11. The van der Waals surface area contributed by atoms with Crippen LogP contribution in [-0.4, -0.2) is 17.1 Å². The molecule has 0 atom stereocenters. The van der Waals surface area contributed by atoms with Crippen molar-refractivity contribution in [2.75, 3.05) is 0 Å². The molecular weight excluding hydrogens is 390 g/mol. The number of rotatable bonds is 3. The lowest BCUT2D eigenvalue weighted by atomic mass is 10.1. The molecule has 1 heterocycles. The van der Waals surface area contributed by atoms with Gasteiger partial charge in [0, 0.05) is 21.0 Å². The van der Waals surface area contributed by atoms with Crippen LogP contribution in [-0.2, 0) is 0 Å². The molecule has 0 aliphatic heterocycles. The van der Waals surface area contributed by atoms with Gasteiger partial charge in [-0.25, -0.2) is 10.4 Å². The van der Waals surface area contributed by atoms with E-state index in [0.29, 0.717) is 16.3 Å². The highest BCUT2D eigenvalue weighted by Crippen LogP contribution is 2.20. The third-order valence-corrected chi connectivity index (χ3v) is 4.26. The highest BCUT2D eigenvalue weighted by molar-refractivity contribution is 9.10. The van der Waals surface area contributed by atoms with E-state index in [4.69, 9.17) is 11.6 Å². The number of hydrazone groups is 1. The highest BCUT2D eigenvalue weighted by atomic mass is 79.9. The van der Waals surface area contributed by atoms with Crippen LogP contribution in [0.25, 0.3) is 10.9 Å². The lowest BCUT2D eigenvalue weighted by Gasteiger charge is -2.03. The van der Waals surface area contributed by atoms with Crippen molar-refractivity contribution in [3.63, 3.8) is 0 Å². The molecule has 1 N–H and O–H groups in total. The molecule has 120 valence electrons. The summed E-state index contributed by atoms with van der Waals surface area (Å²) in [5.41, 5.74) is 5.59. The van der Waals surface area contributed by atoms with Gasteiger partial charge in [0.1, 0.15) is 5.15 Å². The predicted molar refractivity (Wildman–Crippen MR) is 101 cm³/mol. The number of pyridine rings is 1. The van der Waals surface area contributed by atoms with Gasteiger partial charge in [-0.05, 0) is 48.9 Å². The van der Waals surface area contributed by atoms with E-state index in [1.807, 2.05) is 31.2 Å². The Hall–Kier alpha value is -2.24. The Labute approximate surface area is 152 Å². The molecule has 1 amide bonds. The first-order valence-corrected chi connectivity index (χ1v) is 8.36. The summed E-state index contributed by atoms with van der Waals surface area (Å²) in [6.45, 7) is 2.00. The molecule has 1 aromatic heterocycles. The minimum absolute atomic E-state index is 0.292. The number of aromatic nitrogens is 1. The number of carbonyl (C=O) groups is 1. The number of hydrogen-bond acceptors (Lipinski definition) is 3. The van der Waals surface area contributed by atoms with E-state index in [-0.39, 0.29) is 5.91 Å². The molecule has 0 fully saturated rings. The largest absolute Gasteiger partial charge is 0.271 e. The van der Waals surface area contributed by atoms with E-state index in [9.17, 15) is 4.79 Å². The summed E-state index contributed by atoms with van der Waals surface area (Å²) in [4.78, 5) is 16.4. The Bertz CT molecular complexity index is 939. The fraction of sp³-hybridized carbons (Fsp3) is 0.0556. The molecule has 3 rings (SSSR count). The van der Waals surface area contributed by atoms with Gasteiger partial charge in [0.25, 0.3) is 5.91 Å². The van der Waals surface area contributed by atoms with Crippen LogP contribution in [0.1, 0.15) is 21.5 Å². The van der Waals surface area contributed by atoms with Crippen molar-refractivity contribution in [1.29, 1.82) is 0 Å². The van der Waals surface area contributed by atoms with Crippen molar-refractivity contribution in [1.82, 2.24) is 10.4 Å². The average molecular weight is 403 g/mol. The second-order valence-corrected chi connectivity index (χ2v) is 6.54. The van der Waals surface area contributed by atoms with E-state index in [0.717, 1.165) is 20.9 Å². The molecule has 0 aliphatic carbocycles. The average Bonchev–Trinajstić information content (AvgIpc) is 2.56. The molecule has 0 saturated carbocycles. The first kappa shape index (κ1) is 16.6. The van der Waals surface area contributed by atoms with Crippen LogP contribution in [0.3, 0.4) is 0 Å². The maximum atomic E-state index is 12.0. The van der Waals surface area contributed by atoms with Crippen LogP contribution in [0.5, 0.6) is 0 Å². The van der Waals surface area contributed by atoms with Gasteiger partial charge < -0.3 is 0 Å². The third-order valence-electron chi connectivity index (χ3n) is 3.43. The van der Waals surface area contributed by atoms with Gasteiger partial charge in [-0.15, -0.1) is 0 Å². The van der Waals surface area contributed by atoms with Gasteiger partial charge in [-0.1, -0.05) is 39.7 Å². The SMILES string of the molecule is Cc1ccc2cc(/C=N/NC(=O)c3ccc(Br)cc3)c(Cl)nc2c1. The number of nitrogens with one attached hydrogen (secondary N) is 1. The maximum Gasteiger partial charge on any atom is 0.271 e. The standard InChI is InChI=1S/C18H13BrClN3O/c1-11-2-3-13-9-14(17(20)22-16(13)8-11)10-21-23-18(24)12-4-6-15(19)7-5-12/h2-10H,1H3,(H,23,24)/b21-10+. The van der Waals surface area contributed by atoms with Crippen LogP contribution in [0, 0.1) is 6.92 Å². The zero-order valence-corrected chi connectivity index (χ0v) is 15.1. The van der Waals surface area contributed by atoms with Crippen molar-refractivity contribution in [2.24, 2.45) is 5.10 Å². The van der Waals surface area contributed by atoms with E-state index in [1.165, 1.54) is 6.21 Å². The molecule has 3 aromatic rings. The number of aryl methyl sites for hydroxylation is 1. The Balaban J connectivity index is 1.77. The quantitative estimate of drug-likeness (QED) is 0.391. The van der Waals surface area contributed by atoms with Crippen LogP contribution < -0.4 is 5.43 Å². The third kappa shape index (κ3) is 3.80. The molecule has 4 nitrogen and oxygen atoms in total. The predicted octanol–water partition coefficient (Wildman–Crippen LogP) is 4.72. The molecule has 6 heteroatoms. The zero-order valence-electron chi connectivity index (χ0n) is 12.8. The van der Waals surface area contributed by atoms with Crippen molar-refractivity contribution < 1.29 is 4.79 Å². The number of amides is 1. The molecule has 0 aliphatic rings. The zero-order chi connectivity index (χ0) is 17.1. The summed E-state index contributed by atoms with van der Waals surface area (Å²) in [6.07, 6.45) is 1.49. The van der Waals surface area contributed by atoms with Gasteiger partial charge in [0.05, 0.1) is 11.7 Å². The van der Waals surface area contributed by atoms with Crippen LogP contribution in [0.4, 0.5) is 0 Å². The molecule has 0 radical (unpaired) electrons. The van der Waals surface area contributed by atoms with E-state index >= 15 is 0 Å². The molecule has 24 heavy (non-hydrogen) atoms. The number of nitrogens with zero attached hydrogens (tertiary/aromatic N) is 2. The first-order chi connectivity index (χ1) is 11.5. The first-order valence-electron chi connectivity index (χ1n) is 7.19. The van der Waals surface area contributed by atoms with Crippen LogP contribution >= 0.6 is 27.5 Å². The number of halogens is 2. The molecule has 0 spiro atoms. The topological polar surface area (TPSA) is 54.4 Å². The summed E-state index contributed by atoms with van der Waals surface area (Å²) in [5.74, 6) is -0.292. The number of fused-ring (bicyclic) bond motifs is 1. The monoisotopic (exact) mass is 401 g/mol. The second-order valence-electron chi connectivity index (χ2n) is 5.27. The summed E-state index contributed by atoms with van der Waals surface area (Å²) >= 11 is 9.51. The Morgan fingerprint density at radius 3 is 2.71 bits per heavy atom. The fourth-order valence-electron chi connectivity index (χ4n) is 2.19. The summed E-state index contributed by atoms with van der Waals surface area (Å²) in [7, 11) is 0. The number of hydrogen-bond donors (Lipinski definition) is 1. The summed E-state index contributed by atoms with van der Waals surface area (Å²) in [6, 6.07) is 14.9. The normalized spacial score (nSPS) is 11.1. The summed E-state index contributed by atoms with van der Waals surface area (Å²) in [5, 5.41) is 5.27. The van der Waals surface area contributed by atoms with E-state index in [1.54, 1.807) is 24.3 Å². The smallest absolute Gasteiger partial charge is 0.267 e. The maximum absolute atomic E-state index is 12.0. The van der Waals surface area contributed by atoms with Gasteiger partial charge in [0.2, 0.25) is 0 Å². The Morgan fingerprint density at radius 2 is 1.96 bits per heavy atom. The van der Waals surface area contributed by atoms with Crippen molar-refractivity contribution in [3.8, 4) is 0 Å². The fourth-order valence-corrected chi connectivity index (χ4v) is 2.65. The molecule has 0 unspecified atom stereocenters. The van der Waals surface area contributed by atoms with E-state index < -0.39 is 0 Å². The van der Waals surface area contributed by atoms with Crippen LogP contribution in [0.2, 0.25) is 5.15 Å². The number of benzene rings is 2. The lowest BCUT2D eigenvalue weighted by molar-refractivity contribution is 0.0955. The van der Waals surface area contributed by atoms with Crippen molar-refractivity contribution in [2.45, 2.75) is 6.92 Å². The molecule has 2 aromatic carbocycles. The molecule has 0 saturated heterocycles. The Kier molecular flexibility index (Phi) is 4.92. The van der Waals surface area contributed by atoms with Crippen LogP contribution in [0.15, 0.2) is 58.1 Å². The van der Waals surface area contributed by atoms with Gasteiger partial charge in [-0.3, -0.25) is 4.79 Å². The van der Waals surface area contributed by atoms with Gasteiger partial charge >= 0.3 is 0 Å². The molecule has 0 bridgehead atoms. The highest BCUT2D eigenvalue weighted by Gasteiger charge is 2.05. The minimum Gasteiger partial charge on any atom is -0.267 e. The Morgan fingerprint density at radius 1 is 1.21 bits per heavy atom. The van der Waals surface area contributed by atoms with Crippen molar-refractivity contribution in [3.05, 3.63) is 74.8 Å². The van der Waals surface area contributed by atoms with Gasteiger partial charge in [0.15, 0.2) is 0 Å². The number of carbonyl (C=O) groups excluding carboxylic acids is 1. The lowest BCUT2D eigenvalue weighted by Crippen LogP contribution is -2.17. The minimum atomic E-state index is -0.292. The molecular formula is C18H13BrClN3O. The van der Waals surface area contributed by atoms with E-state index in [2.05, 4.69) is 31.4 Å².